The molecular weight excluding hydrogens is 512 g/mol. The zero-order valence-corrected chi connectivity index (χ0v) is 19.6. The lowest BCUT2D eigenvalue weighted by Gasteiger charge is -2.32. The molecule has 0 bridgehead atoms. The van der Waals surface area contributed by atoms with Crippen LogP contribution in [0.5, 0.6) is 0 Å². The molecule has 4 rings (SSSR count). The minimum absolute atomic E-state index is 0.0172. The topological polar surface area (TPSA) is 61.8 Å². The van der Waals surface area contributed by atoms with Crippen LogP contribution < -0.4 is 5.32 Å². The zero-order chi connectivity index (χ0) is 23.4. The summed E-state index contributed by atoms with van der Waals surface area (Å²) in [7, 11) is 0. The second-order valence-electron chi connectivity index (χ2n) is 7.28. The Balaban J connectivity index is 1.59. The van der Waals surface area contributed by atoms with Gasteiger partial charge in [-0.25, -0.2) is 13.8 Å². The molecule has 0 radical (unpaired) electrons. The number of amidine groups is 1. The minimum Gasteiger partial charge on any atom is -0.325 e. The van der Waals surface area contributed by atoms with Gasteiger partial charge in [0.2, 0.25) is 11.8 Å². The van der Waals surface area contributed by atoms with Crippen LogP contribution in [0.4, 0.5) is 20.2 Å². The number of anilines is 1. The number of thioether (sulfide) groups is 1. The number of rotatable bonds is 5. The third kappa shape index (κ3) is 6.06. The van der Waals surface area contributed by atoms with E-state index in [1.807, 2.05) is 0 Å². The van der Waals surface area contributed by atoms with Crippen LogP contribution in [-0.2, 0) is 16.1 Å². The normalized spacial score (nSPS) is 17.3. The number of nitrogens with zero attached hydrogens (tertiary/aromatic N) is 2. The number of hydrogen-bond acceptors (Lipinski definition) is 4. The van der Waals surface area contributed by atoms with Gasteiger partial charge in [0.05, 0.1) is 12.2 Å². The van der Waals surface area contributed by atoms with E-state index >= 15 is 0 Å². The molecular formula is C24H18BrF2N3O2S. The van der Waals surface area contributed by atoms with Crippen molar-refractivity contribution < 1.29 is 18.4 Å². The summed E-state index contributed by atoms with van der Waals surface area (Å²) in [5.74, 6) is -1.37. The monoisotopic (exact) mass is 529 g/mol. The number of aliphatic imine (C=N–C) groups is 1. The summed E-state index contributed by atoms with van der Waals surface area (Å²) in [5.41, 5.74) is 1.78. The van der Waals surface area contributed by atoms with E-state index < -0.39 is 11.1 Å². The molecule has 1 N–H and O–H groups in total. The van der Waals surface area contributed by atoms with Gasteiger partial charge in [-0.15, -0.1) is 0 Å². The van der Waals surface area contributed by atoms with Crippen molar-refractivity contribution in [1.82, 2.24) is 4.90 Å². The van der Waals surface area contributed by atoms with Gasteiger partial charge in [-0.05, 0) is 66.2 Å². The molecule has 1 aliphatic heterocycles. The smallest absolute Gasteiger partial charge is 0.238 e. The molecule has 3 aromatic carbocycles. The van der Waals surface area contributed by atoms with Gasteiger partial charge in [0.1, 0.15) is 16.9 Å². The highest BCUT2D eigenvalue weighted by Crippen LogP contribution is 2.31. The average molecular weight is 530 g/mol. The Morgan fingerprint density at radius 3 is 2.24 bits per heavy atom. The van der Waals surface area contributed by atoms with Crippen LogP contribution in [-0.4, -0.2) is 27.1 Å². The maximum atomic E-state index is 13.3. The number of nitrogens with one attached hydrogen (secondary N) is 1. The lowest BCUT2D eigenvalue weighted by molar-refractivity contribution is -0.129. The summed E-state index contributed by atoms with van der Waals surface area (Å²) in [6, 6.07) is 18.5. The first-order valence-corrected chi connectivity index (χ1v) is 11.7. The molecule has 3 aromatic rings. The highest BCUT2D eigenvalue weighted by Gasteiger charge is 2.36. The van der Waals surface area contributed by atoms with Gasteiger partial charge in [0.25, 0.3) is 0 Å². The summed E-state index contributed by atoms with van der Waals surface area (Å²) >= 11 is 4.51. The molecule has 0 spiro atoms. The van der Waals surface area contributed by atoms with Crippen molar-refractivity contribution in [2.45, 2.75) is 18.2 Å². The van der Waals surface area contributed by atoms with E-state index in [0.29, 0.717) is 16.5 Å². The van der Waals surface area contributed by atoms with Crippen LogP contribution in [0.25, 0.3) is 0 Å². The first kappa shape index (κ1) is 23.1. The van der Waals surface area contributed by atoms with Crippen molar-refractivity contribution >= 4 is 56.0 Å². The Hall–Kier alpha value is -3.04. The Labute approximate surface area is 202 Å². The SMILES string of the molecule is O=C(Nc1ccc(Br)cc1)C1CC(=O)N(Cc2ccc(F)cc2)C(=Nc2ccc(F)cc2)S1. The molecule has 2 amide bonds. The molecule has 0 saturated carbocycles. The van der Waals surface area contributed by atoms with Crippen LogP contribution >= 0.6 is 27.7 Å². The number of carbonyl (C=O) groups is 2. The van der Waals surface area contributed by atoms with Gasteiger partial charge < -0.3 is 5.32 Å². The second kappa shape index (κ2) is 10.3. The molecule has 9 heteroatoms. The second-order valence-corrected chi connectivity index (χ2v) is 9.37. The molecule has 0 aromatic heterocycles. The van der Waals surface area contributed by atoms with E-state index in [1.54, 1.807) is 36.4 Å². The Kier molecular flexibility index (Phi) is 7.20. The molecule has 1 heterocycles. The van der Waals surface area contributed by atoms with Gasteiger partial charge in [0.15, 0.2) is 5.17 Å². The number of halogens is 3. The summed E-state index contributed by atoms with van der Waals surface area (Å²) < 4.78 is 27.5. The standard InChI is InChI=1S/C24H18BrF2N3O2S/c25-16-3-9-19(10-4-16)28-23(32)21-13-22(31)30(14-15-1-5-17(26)6-2-15)24(33-21)29-20-11-7-18(27)8-12-20/h1-12,21H,13-14H2,(H,28,32). The summed E-state index contributed by atoms with van der Waals surface area (Å²) in [5, 5.41) is 2.45. The fourth-order valence-corrected chi connectivity index (χ4v) is 4.51. The fourth-order valence-electron chi connectivity index (χ4n) is 3.15. The van der Waals surface area contributed by atoms with Crippen LogP contribution in [0.15, 0.2) is 82.3 Å². The van der Waals surface area contributed by atoms with Crippen LogP contribution in [0, 0.1) is 11.6 Å². The minimum atomic E-state index is -0.690. The first-order valence-electron chi connectivity index (χ1n) is 9.99. The van der Waals surface area contributed by atoms with Crippen LogP contribution in [0.2, 0.25) is 0 Å². The van der Waals surface area contributed by atoms with Gasteiger partial charge in [-0.1, -0.05) is 39.8 Å². The van der Waals surface area contributed by atoms with E-state index in [2.05, 4.69) is 26.2 Å². The summed E-state index contributed by atoms with van der Waals surface area (Å²) in [6.07, 6.45) is -0.0172. The van der Waals surface area contributed by atoms with Crippen molar-refractivity contribution in [3.05, 3.63) is 94.5 Å². The van der Waals surface area contributed by atoms with Crippen LogP contribution in [0.3, 0.4) is 0 Å². The van der Waals surface area contributed by atoms with Crippen molar-refractivity contribution in [2.75, 3.05) is 5.32 Å². The number of hydrogen-bond donors (Lipinski definition) is 1. The summed E-state index contributed by atoms with van der Waals surface area (Å²) in [4.78, 5) is 31.9. The molecule has 1 aliphatic rings. The third-order valence-corrected chi connectivity index (χ3v) is 6.57. The van der Waals surface area contributed by atoms with Gasteiger partial charge in [0, 0.05) is 16.6 Å². The van der Waals surface area contributed by atoms with E-state index in [-0.39, 0.29) is 30.6 Å². The predicted molar refractivity (Wildman–Crippen MR) is 129 cm³/mol. The Morgan fingerprint density at radius 2 is 1.61 bits per heavy atom. The highest BCUT2D eigenvalue weighted by atomic mass is 79.9. The van der Waals surface area contributed by atoms with Crippen LogP contribution in [0.1, 0.15) is 12.0 Å². The van der Waals surface area contributed by atoms with Crippen molar-refractivity contribution in [3.63, 3.8) is 0 Å². The number of amides is 2. The van der Waals surface area contributed by atoms with Gasteiger partial charge in [-0.3, -0.25) is 14.5 Å². The lowest BCUT2D eigenvalue weighted by Crippen LogP contribution is -2.44. The summed E-state index contributed by atoms with van der Waals surface area (Å²) in [6.45, 7) is 0.174. The maximum Gasteiger partial charge on any atom is 0.238 e. The zero-order valence-electron chi connectivity index (χ0n) is 17.2. The number of benzene rings is 3. The Morgan fingerprint density at radius 1 is 1.00 bits per heavy atom. The highest BCUT2D eigenvalue weighted by molar-refractivity contribution is 9.10. The van der Waals surface area contributed by atoms with Crippen molar-refractivity contribution in [3.8, 4) is 0 Å². The van der Waals surface area contributed by atoms with E-state index in [1.165, 1.54) is 41.3 Å². The lowest BCUT2D eigenvalue weighted by atomic mass is 10.2. The largest absolute Gasteiger partial charge is 0.325 e. The maximum absolute atomic E-state index is 13.3. The van der Waals surface area contributed by atoms with Gasteiger partial charge >= 0.3 is 0 Å². The van der Waals surface area contributed by atoms with E-state index in [9.17, 15) is 18.4 Å². The van der Waals surface area contributed by atoms with Crippen molar-refractivity contribution in [1.29, 1.82) is 0 Å². The predicted octanol–water partition coefficient (Wildman–Crippen LogP) is 5.89. The van der Waals surface area contributed by atoms with Crippen molar-refractivity contribution in [2.24, 2.45) is 4.99 Å². The first-order chi connectivity index (χ1) is 15.9. The molecule has 5 nitrogen and oxygen atoms in total. The fraction of sp³-hybridized carbons (Fsp3) is 0.125. The van der Waals surface area contributed by atoms with E-state index in [4.69, 9.17) is 0 Å². The molecule has 168 valence electrons. The quantitative estimate of drug-likeness (QED) is 0.448. The third-order valence-electron chi connectivity index (χ3n) is 4.85. The average Bonchev–Trinajstić information content (AvgIpc) is 2.80. The molecule has 1 saturated heterocycles. The van der Waals surface area contributed by atoms with E-state index in [0.717, 1.165) is 21.8 Å². The Bertz CT molecular complexity index is 1190. The molecule has 33 heavy (non-hydrogen) atoms. The van der Waals surface area contributed by atoms with Gasteiger partial charge in [-0.2, -0.15) is 0 Å². The molecule has 1 atom stereocenters. The molecule has 1 fully saturated rings. The number of carbonyl (C=O) groups excluding carboxylic acids is 2. The molecule has 1 unspecified atom stereocenters. The molecule has 0 aliphatic carbocycles.